The van der Waals surface area contributed by atoms with Crippen LogP contribution < -0.4 is 21.6 Å². The zero-order chi connectivity index (χ0) is 15.4. The van der Waals surface area contributed by atoms with Gasteiger partial charge in [0.15, 0.2) is 0 Å². The van der Waals surface area contributed by atoms with Crippen molar-refractivity contribution >= 4 is 5.91 Å². The Morgan fingerprint density at radius 1 is 1.48 bits per heavy atom. The predicted octanol–water partition coefficient (Wildman–Crippen LogP) is -0.393. The van der Waals surface area contributed by atoms with Crippen LogP contribution in [0.5, 0.6) is 6.01 Å². The fourth-order valence-corrected chi connectivity index (χ4v) is 1.79. The minimum atomic E-state index is -0.430. The lowest BCUT2D eigenvalue weighted by Gasteiger charge is -2.10. The summed E-state index contributed by atoms with van der Waals surface area (Å²) in [6.45, 7) is 1.91. The molecule has 0 aromatic carbocycles. The van der Waals surface area contributed by atoms with Gasteiger partial charge in [-0.15, -0.1) is 0 Å². The van der Waals surface area contributed by atoms with E-state index in [2.05, 4.69) is 9.97 Å². The van der Waals surface area contributed by atoms with E-state index in [1.165, 1.54) is 23.9 Å². The van der Waals surface area contributed by atoms with Crippen molar-refractivity contribution in [1.29, 1.82) is 0 Å². The quantitative estimate of drug-likeness (QED) is 0.450. The zero-order valence-corrected chi connectivity index (χ0v) is 11.7. The number of amides is 1. The first kappa shape index (κ1) is 14.7. The molecule has 0 radical (unpaired) electrons. The topological polar surface area (TPSA) is 112 Å². The number of hydrogen-bond donors (Lipinski definition) is 2. The van der Waals surface area contributed by atoms with Gasteiger partial charge in [-0.1, -0.05) is 0 Å². The first-order valence-electron chi connectivity index (χ1n) is 6.13. The van der Waals surface area contributed by atoms with E-state index in [1.807, 2.05) is 5.43 Å². The summed E-state index contributed by atoms with van der Waals surface area (Å²) in [7, 11) is 1.44. The van der Waals surface area contributed by atoms with Crippen molar-refractivity contribution in [2.75, 3.05) is 7.11 Å². The molecule has 110 valence electrons. The van der Waals surface area contributed by atoms with Gasteiger partial charge < -0.3 is 4.74 Å². The number of aryl methyl sites for hydroxylation is 1. The molecule has 1 amide bonds. The summed E-state index contributed by atoms with van der Waals surface area (Å²) in [5, 5.41) is 0. The maximum absolute atomic E-state index is 12.0. The molecular weight excluding hydrogens is 274 g/mol. The fraction of sp³-hybridized carbons (Fsp3) is 0.231. The molecule has 8 heteroatoms. The normalized spacial score (nSPS) is 10.2. The number of rotatable bonds is 4. The summed E-state index contributed by atoms with van der Waals surface area (Å²) in [6.07, 6.45) is 1.39. The smallest absolute Gasteiger partial charge is 0.299 e. The van der Waals surface area contributed by atoms with Gasteiger partial charge in [-0.25, -0.2) is 10.8 Å². The number of methoxy groups -OCH3 is 1. The number of carbonyl (C=O) groups excluding carboxylic acids is 1. The van der Waals surface area contributed by atoms with Crippen molar-refractivity contribution in [3.63, 3.8) is 0 Å². The molecule has 0 spiro atoms. The van der Waals surface area contributed by atoms with Crippen LogP contribution in [0.4, 0.5) is 0 Å². The molecule has 0 atom stereocenters. The summed E-state index contributed by atoms with van der Waals surface area (Å²) in [5.74, 6) is 4.61. The number of hydrazine groups is 1. The minimum Gasteiger partial charge on any atom is -0.468 e. The summed E-state index contributed by atoms with van der Waals surface area (Å²) >= 11 is 0. The molecule has 21 heavy (non-hydrogen) atoms. The van der Waals surface area contributed by atoms with Crippen molar-refractivity contribution in [3.05, 3.63) is 51.7 Å². The maximum atomic E-state index is 12.0. The minimum absolute atomic E-state index is 0.194. The number of nitrogens with zero attached hydrogens (tertiary/aromatic N) is 3. The molecule has 0 bridgehead atoms. The van der Waals surface area contributed by atoms with Crippen molar-refractivity contribution in [2.24, 2.45) is 5.84 Å². The molecule has 2 aromatic rings. The second-order valence-electron chi connectivity index (χ2n) is 4.32. The number of pyridine rings is 1. The Bertz CT molecular complexity index is 709. The lowest BCUT2D eigenvalue weighted by atomic mass is 10.2. The van der Waals surface area contributed by atoms with Crippen LogP contribution in [0.25, 0.3) is 0 Å². The Hall–Kier alpha value is -2.74. The van der Waals surface area contributed by atoms with Crippen LogP contribution >= 0.6 is 0 Å². The van der Waals surface area contributed by atoms with E-state index in [-0.39, 0.29) is 18.1 Å². The van der Waals surface area contributed by atoms with Crippen LogP contribution in [0.2, 0.25) is 0 Å². The van der Waals surface area contributed by atoms with Gasteiger partial charge in [-0.3, -0.25) is 24.6 Å². The SMILES string of the molecule is COc1nc(C)cc(=O)n1Cc1ccc(C(=O)NN)cn1. The molecule has 0 aliphatic carbocycles. The summed E-state index contributed by atoms with van der Waals surface area (Å²) < 4.78 is 6.46. The summed E-state index contributed by atoms with van der Waals surface area (Å²) in [4.78, 5) is 31.6. The number of ether oxygens (including phenoxy) is 1. The van der Waals surface area contributed by atoms with Gasteiger partial charge in [0.2, 0.25) is 0 Å². The van der Waals surface area contributed by atoms with Crippen LogP contribution in [-0.2, 0) is 6.54 Å². The molecule has 0 aliphatic rings. The number of nitrogen functional groups attached to an aromatic ring is 1. The Balaban J connectivity index is 2.30. The molecule has 0 saturated carbocycles. The van der Waals surface area contributed by atoms with E-state index in [0.717, 1.165) is 0 Å². The van der Waals surface area contributed by atoms with Gasteiger partial charge in [-0.2, -0.15) is 0 Å². The second-order valence-corrected chi connectivity index (χ2v) is 4.32. The highest BCUT2D eigenvalue weighted by molar-refractivity contribution is 5.93. The lowest BCUT2D eigenvalue weighted by molar-refractivity contribution is 0.0953. The average Bonchev–Trinajstić information content (AvgIpc) is 2.49. The first-order chi connectivity index (χ1) is 10.0. The van der Waals surface area contributed by atoms with Gasteiger partial charge in [-0.05, 0) is 19.1 Å². The van der Waals surface area contributed by atoms with E-state index in [0.29, 0.717) is 17.0 Å². The lowest BCUT2D eigenvalue weighted by Crippen LogP contribution is -2.30. The van der Waals surface area contributed by atoms with Crippen molar-refractivity contribution < 1.29 is 9.53 Å². The average molecular weight is 289 g/mol. The van der Waals surface area contributed by atoms with Gasteiger partial charge in [0, 0.05) is 18.0 Å². The molecule has 0 saturated heterocycles. The number of aromatic nitrogens is 3. The fourth-order valence-electron chi connectivity index (χ4n) is 1.79. The van der Waals surface area contributed by atoms with Crippen LogP contribution in [0.15, 0.2) is 29.2 Å². The Labute approximate surface area is 120 Å². The van der Waals surface area contributed by atoms with E-state index in [1.54, 1.807) is 19.1 Å². The number of nitrogens with two attached hydrogens (primary N) is 1. The standard InChI is InChI=1S/C13H15N5O3/c1-8-5-11(19)18(13(16-8)21-2)7-10-4-3-9(6-15-10)12(20)17-14/h3-6H,7,14H2,1-2H3,(H,17,20). The third-order valence-corrected chi connectivity index (χ3v) is 2.82. The highest BCUT2D eigenvalue weighted by Gasteiger charge is 2.10. The largest absolute Gasteiger partial charge is 0.468 e. The summed E-state index contributed by atoms with van der Waals surface area (Å²) in [6, 6.07) is 4.84. The first-order valence-corrected chi connectivity index (χ1v) is 6.13. The van der Waals surface area contributed by atoms with Crippen LogP contribution in [0.1, 0.15) is 21.7 Å². The number of nitrogens with one attached hydrogen (secondary N) is 1. The van der Waals surface area contributed by atoms with Crippen molar-refractivity contribution in [3.8, 4) is 6.01 Å². The van der Waals surface area contributed by atoms with E-state index in [9.17, 15) is 9.59 Å². The van der Waals surface area contributed by atoms with Gasteiger partial charge in [0.05, 0.1) is 24.9 Å². The van der Waals surface area contributed by atoms with E-state index in [4.69, 9.17) is 10.6 Å². The molecule has 2 aromatic heterocycles. The van der Waals surface area contributed by atoms with Crippen LogP contribution in [0, 0.1) is 6.92 Å². The third-order valence-electron chi connectivity index (χ3n) is 2.82. The molecule has 8 nitrogen and oxygen atoms in total. The van der Waals surface area contributed by atoms with Crippen LogP contribution in [0.3, 0.4) is 0 Å². The van der Waals surface area contributed by atoms with Crippen molar-refractivity contribution in [2.45, 2.75) is 13.5 Å². The monoisotopic (exact) mass is 289 g/mol. The Kier molecular flexibility index (Phi) is 4.29. The number of carbonyl (C=O) groups is 1. The molecule has 0 fully saturated rings. The Morgan fingerprint density at radius 3 is 2.81 bits per heavy atom. The third kappa shape index (κ3) is 3.23. The molecule has 0 aliphatic heterocycles. The van der Waals surface area contributed by atoms with E-state index >= 15 is 0 Å². The van der Waals surface area contributed by atoms with Crippen molar-refractivity contribution in [1.82, 2.24) is 20.0 Å². The Morgan fingerprint density at radius 2 is 2.24 bits per heavy atom. The van der Waals surface area contributed by atoms with Gasteiger partial charge in [0.25, 0.3) is 17.5 Å². The van der Waals surface area contributed by atoms with Crippen LogP contribution in [-0.4, -0.2) is 27.6 Å². The molecular formula is C13H15N5O3. The van der Waals surface area contributed by atoms with E-state index < -0.39 is 5.91 Å². The zero-order valence-electron chi connectivity index (χ0n) is 11.7. The molecule has 3 N–H and O–H groups in total. The summed E-state index contributed by atoms with van der Waals surface area (Å²) in [5.41, 5.74) is 3.30. The molecule has 2 rings (SSSR count). The van der Waals surface area contributed by atoms with Gasteiger partial charge >= 0.3 is 0 Å². The predicted molar refractivity (Wildman–Crippen MR) is 74.8 cm³/mol. The second kappa shape index (κ2) is 6.14. The molecule has 0 unspecified atom stereocenters. The number of hydrogen-bond acceptors (Lipinski definition) is 6. The molecule has 2 heterocycles. The van der Waals surface area contributed by atoms with Gasteiger partial charge in [0.1, 0.15) is 0 Å². The maximum Gasteiger partial charge on any atom is 0.299 e. The highest BCUT2D eigenvalue weighted by Crippen LogP contribution is 2.08. The highest BCUT2D eigenvalue weighted by atomic mass is 16.5.